The van der Waals surface area contributed by atoms with Crippen LogP contribution in [0.5, 0.6) is 0 Å². The molecule has 1 aliphatic heterocycles. The molecule has 21 heavy (non-hydrogen) atoms. The summed E-state index contributed by atoms with van der Waals surface area (Å²) < 4.78 is 32.2. The highest BCUT2D eigenvalue weighted by atomic mass is 79.9. The summed E-state index contributed by atoms with van der Waals surface area (Å²) >= 11 is 3.87. The van der Waals surface area contributed by atoms with Gasteiger partial charge >= 0.3 is 5.97 Å². The number of hydrogen-bond acceptors (Lipinski definition) is 6. The third-order valence-electron chi connectivity index (χ3n) is 3.38. The Morgan fingerprint density at radius 2 is 2.33 bits per heavy atom. The van der Waals surface area contributed by atoms with Crippen LogP contribution in [0.15, 0.2) is 14.7 Å². The number of rotatable bonds is 5. The molecule has 1 aliphatic rings. The second-order valence-corrected chi connectivity index (χ2v) is 8.85. The van der Waals surface area contributed by atoms with Crippen LogP contribution < -0.4 is 4.72 Å². The van der Waals surface area contributed by atoms with Gasteiger partial charge in [0.25, 0.3) is 0 Å². The number of hydrogen-bond donors (Lipinski definition) is 3. The third kappa shape index (κ3) is 3.46. The Balaban J connectivity index is 2.17. The van der Waals surface area contributed by atoms with Crippen LogP contribution in [0.1, 0.15) is 23.0 Å². The first-order valence-corrected chi connectivity index (χ1v) is 9.11. The second kappa shape index (κ2) is 5.94. The van der Waals surface area contributed by atoms with E-state index in [0.29, 0.717) is 13.0 Å². The van der Waals surface area contributed by atoms with Crippen molar-refractivity contribution in [2.75, 3.05) is 13.2 Å². The Kier molecular flexibility index (Phi) is 4.76. The lowest BCUT2D eigenvalue weighted by molar-refractivity contribution is -0.0228. The van der Waals surface area contributed by atoms with Gasteiger partial charge in [0.2, 0.25) is 10.0 Å². The van der Waals surface area contributed by atoms with Crippen molar-refractivity contribution in [2.24, 2.45) is 0 Å². The van der Waals surface area contributed by atoms with Crippen molar-refractivity contribution in [1.29, 1.82) is 0 Å². The van der Waals surface area contributed by atoms with E-state index in [1.54, 1.807) is 6.92 Å². The monoisotopic (exact) mass is 399 g/mol. The molecule has 1 fully saturated rings. The first-order valence-electron chi connectivity index (χ1n) is 6.02. The maximum absolute atomic E-state index is 12.2. The summed E-state index contributed by atoms with van der Waals surface area (Å²) in [5, 5.41) is 19.2. The molecule has 0 bridgehead atoms. The zero-order valence-electron chi connectivity index (χ0n) is 11.0. The second-order valence-electron chi connectivity index (χ2n) is 4.74. The molecule has 2 unspecified atom stereocenters. The Labute approximate surface area is 134 Å². The van der Waals surface area contributed by atoms with Crippen molar-refractivity contribution in [3.05, 3.63) is 14.7 Å². The number of halogens is 1. The normalized spacial score (nSPS) is 26.1. The van der Waals surface area contributed by atoms with Gasteiger partial charge < -0.3 is 14.9 Å². The summed E-state index contributed by atoms with van der Waals surface area (Å²) in [6.45, 7) is 1.84. The molecule has 1 aromatic rings. The van der Waals surface area contributed by atoms with Crippen LogP contribution in [0.25, 0.3) is 0 Å². The van der Waals surface area contributed by atoms with Gasteiger partial charge in [-0.25, -0.2) is 17.9 Å². The fourth-order valence-corrected chi connectivity index (χ4v) is 5.44. The predicted octanol–water partition coefficient (Wildman–Crippen LogP) is 1.03. The minimum Gasteiger partial charge on any atom is -0.477 e. The van der Waals surface area contributed by atoms with Gasteiger partial charge in [0, 0.05) is 19.6 Å². The summed E-state index contributed by atoms with van der Waals surface area (Å²) in [6.07, 6.45) is -0.136. The molecule has 10 heteroatoms. The first-order chi connectivity index (χ1) is 9.66. The van der Waals surface area contributed by atoms with E-state index in [-0.39, 0.29) is 20.1 Å². The average Bonchev–Trinajstić information content (AvgIpc) is 2.93. The molecular formula is C11H14BrNO6S2. The Hall–Kier alpha value is -0.520. The van der Waals surface area contributed by atoms with E-state index >= 15 is 0 Å². The number of nitrogens with one attached hydrogen (secondary N) is 1. The van der Waals surface area contributed by atoms with E-state index in [1.165, 1.54) is 0 Å². The molecule has 0 spiro atoms. The molecule has 1 saturated heterocycles. The van der Waals surface area contributed by atoms with E-state index in [4.69, 9.17) is 9.84 Å². The number of carbonyl (C=O) groups is 1. The Bertz CT molecular complexity index is 658. The minimum absolute atomic E-state index is 0.0847. The zero-order valence-corrected chi connectivity index (χ0v) is 14.2. The fourth-order valence-electron chi connectivity index (χ4n) is 1.94. The van der Waals surface area contributed by atoms with Gasteiger partial charge in [0.15, 0.2) is 0 Å². The minimum atomic E-state index is -3.92. The number of carboxylic acids is 1. The van der Waals surface area contributed by atoms with E-state index in [0.717, 1.165) is 17.4 Å². The summed E-state index contributed by atoms with van der Waals surface area (Å²) in [4.78, 5) is 10.6. The van der Waals surface area contributed by atoms with Crippen LogP contribution in [0, 0.1) is 0 Å². The lowest BCUT2D eigenvalue weighted by atomic mass is 9.97. The van der Waals surface area contributed by atoms with Gasteiger partial charge in [-0.1, -0.05) is 0 Å². The van der Waals surface area contributed by atoms with Crippen LogP contribution in [0.4, 0.5) is 0 Å². The van der Waals surface area contributed by atoms with E-state index in [1.807, 2.05) is 0 Å². The molecule has 7 nitrogen and oxygen atoms in total. The van der Waals surface area contributed by atoms with Crippen molar-refractivity contribution >= 4 is 43.3 Å². The lowest BCUT2D eigenvalue weighted by Gasteiger charge is -2.25. The molecule has 1 aromatic heterocycles. The topological polar surface area (TPSA) is 113 Å². The van der Waals surface area contributed by atoms with Gasteiger partial charge in [-0.2, -0.15) is 0 Å². The standard InChI is InChI=1S/C11H14BrNO6S2/c1-6-11(16,2-3-19-6)5-13-21(17,18)8-4-7(10(14)15)20-9(8)12/h4,6,13,16H,2-3,5H2,1H3,(H,14,15). The van der Waals surface area contributed by atoms with Crippen LogP contribution >= 0.6 is 27.3 Å². The van der Waals surface area contributed by atoms with Crippen molar-refractivity contribution in [1.82, 2.24) is 4.72 Å². The van der Waals surface area contributed by atoms with Gasteiger partial charge in [-0.15, -0.1) is 11.3 Å². The highest BCUT2D eigenvalue weighted by molar-refractivity contribution is 9.11. The number of carboxylic acid groups (broad SMARTS) is 1. The molecule has 2 rings (SSSR count). The van der Waals surface area contributed by atoms with Crippen LogP contribution in [0.3, 0.4) is 0 Å². The summed E-state index contributed by atoms with van der Waals surface area (Å²) in [5.74, 6) is -1.20. The predicted molar refractivity (Wildman–Crippen MR) is 79.1 cm³/mol. The molecule has 118 valence electrons. The van der Waals surface area contributed by atoms with Crippen molar-refractivity contribution in [2.45, 2.75) is 29.9 Å². The molecule has 0 amide bonds. The molecular weight excluding hydrogens is 386 g/mol. The van der Waals surface area contributed by atoms with Crippen molar-refractivity contribution in [3.8, 4) is 0 Å². The Morgan fingerprint density at radius 3 is 2.81 bits per heavy atom. The highest BCUT2D eigenvalue weighted by Gasteiger charge is 2.40. The van der Waals surface area contributed by atoms with Crippen LogP contribution in [0.2, 0.25) is 0 Å². The number of aliphatic hydroxyl groups is 1. The smallest absolute Gasteiger partial charge is 0.345 e. The van der Waals surface area contributed by atoms with Crippen molar-refractivity contribution in [3.63, 3.8) is 0 Å². The van der Waals surface area contributed by atoms with Crippen LogP contribution in [-0.2, 0) is 14.8 Å². The van der Waals surface area contributed by atoms with Gasteiger partial charge in [0.05, 0.1) is 9.89 Å². The van der Waals surface area contributed by atoms with Crippen LogP contribution in [-0.4, -0.2) is 49.5 Å². The number of thiophene rings is 1. The lowest BCUT2D eigenvalue weighted by Crippen LogP contribution is -2.47. The first kappa shape index (κ1) is 16.8. The van der Waals surface area contributed by atoms with Gasteiger partial charge in [-0.05, 0) is 28.9 Å². The van der Waals surface area contributed by atoms with E-state index in [2.05, 4.69) is 20.7 Å². The zero-order chi connectivity index (χ0) is 15.8. The largest absolute Gasteiger partial charge is 0.477 e. The SMILES string of the molecule is CC1OCCC1(O)CNS(=O)(=O)c1cc(C(=O)O)sc1Br. The Morgan fingerprint density at radius 1 is 1.67 bits per heavy atom. The highest BCUT2D eigenvalue weighted by Crippen LogP contribution is 2.32. The quantitative estimate of drug-likeness (QED) is 0.681. The number of ether oxygens (including phenoxy) is 1. The van der Waals surface area contributed by atoms with E-state index in [9.17, 15) is 18.3 Å². The molecule has 3 N–H and O–H groups in total. The van der Waals surface area contributed by atoms with Gasteiger partial charge in [-0.3, -0.25) is 0 Å². The molecule has 2 heterocycles. The number of aromatic carboxylic acids is 1. The third-order valence-corrected chi connectivity index (χ3v) is 7.02. The molecule has 0 aliphatic carbocycles. The number of sulfonamides is 1. The average molecular weight is 400 g/mol. The molecule has 0 saturated carbocycles. The van der Waals surface area contributed by atoms with Crippen molar-refractivity contribution < 1.29 is 28.2 Å². The summed E-state index contributed by atoms with van der Waals surface area (Å²) in [5.41, 5.74) is -1.26. The maximum Gasteiger partial charge on any atom is 0.345 e. The summed E-state index contributed by atoms with van der Waals surface area (Å²) in [7, 11) is -3.92. The molecule has 0 aromatic carbocycles. The molecule has 2 atom stereocenters. The van der Waals surface area contributed by atoms with E-state index < -0.39 is 27.7 Å². The fraction of sp³-hybridized carbons (Fsp3) is 0.545. The molecule has 0 radical (unpaired) electrons. The van der Waals surface area contributed by atoms with Gasteiger partial charge in [0.1, 0.15) is 15.4 Å². The summed E-state index contributed by atoms with van der Waals surface area (Å²) in [6, 6.07) is 1.08. The maximum atomic E-state index is 12.2.